The number of aromatic nitrogens is 3. The quantitative estimate of drug-likeness (QED) is 0.766. The lowest BCUT2D eigenvalue weighted by atomic mass is 10.1. The Morgan fingerprint density at radius 1 is 1.28 bits per heavy atom. The number of carbonyl (C=O) groups is 1. The number of hydrogen-bond acceptors (Lipinski definition) is 4. The maximum atomic E-state index is 13.8. The smallest absolute Gasteiger partial charge is 0.252 e. The Labute approximate surface area is 143 Å². The zero-order valence-electron chi connectivity index (χ0n) is 13.3. The van der Waals surface area contributed by atoms with Crippen molar-refractivity contribution in [3.8, 4) is 17.5 Å². The molecule has 0 aliphatic carbocycles. The van der Waals surface area contributed by atoms with Crippen molar-refractivity contribution >= 4 is 5.91 Å². The number of amides is 1. The molecule has 1 amide bonds. The number of nitrogens with one attached hydrogen (secondary N) is 2. The summed E-state index contributed by atoms with van der Waals surface area (Å²) in [7, 11) is 0. The number of rotatable bonds is 4. The average Bonchev–Trinajstić information content (AvgIpc) is 3.07. The molecular weight excluding hydrogens is 321 g/mol. The van der Waals surface area contributed by atoms with Crippen molar-refractivity contribution < 1.29 is 9.18 Å². The predicted octanol–water partition coefficient (Wildman–Crippen LogP) is 2.91. The summed E-state index contributed by atoms with van der Waals surface area (Å²) in [5.74, 6) is 0.107. The van der Waals surface area contributed by atoms with Gasteiger partial charge in [-0.1, -0.05) is 30.3 Å². The van der Waals surface area contributed by atoms with Crippen molar-refractivity contribution in [3.05, 3.63) is 71.3 Å². The van der Waals surface area contributed by atoms with Crippen LogP contribution in [-0.4, -0.2) is 21.1 Å². The average molecular weight is 335 g/mol. The molecule has 0 fully saturated rings. The largest absolute Gasteiger partial charge is 0.332 e. The fourth-order valence-corrected chi connectivity index (χ4v) is 2.37. The highest BCUT2D eigenvalue weighted by molar-refractivity contribution is 5.95. The van der Waals surface area contributed by atoms with E-state index in [4.69, 9.17) is 0 Å². The van der Waals surface area contributed by atoms with Crippen LogP contribution in [0.3, 0.4) is 0 Å². The number of carbonyl (C=O) groups excluding carboxylic acids is 1. The molecule has 6 nitrogen and oxygen atoms in total. The molecule has 0 saturated heterocycles. The lowest BCUT2D eigenvalue weighted by molar-refractivity contribution is 0.0945. The predicted molar refractivity (Wildman–Crippen MR) is 88.8 cm³/mol. The van der Waals surface area contributed by atoms with Gasteiger partial charge in [0.05, 0.1) is 6.07 Å². The van der Waals surface area contributed by atoms with E-state index in [1.165, 1.54) is 18.2 Å². The minimum atomic E-state index is -1.08. The molecule has 0 bridgehead atoms. The summed E-state index contributed by atoms with van der Waals surface area (Å²) in [6.07, 6.45) is 0. The highest BCUT2D eigenvalue weighted by Crippen LogP contribution is 2.19. The Bertz CT molecular complexity index is 960. The second-order valence-corrected chi connectivity index (χ2v) is 5.38. The van der Waals surface area contributed by atoms with Crippen molar-refractivity contribution in [1.82, 2.24) is 20.5 Å². The molecule has 0 aliphatic heterocycles. The zero-order chi connectivity index (χ0) is 17.8. The van der Waals surface area contributed by atoms with Crippen LogP contribution in [0.4, 0.5) is 4.39 Å². The lowest BCUT2D eigenvalue weighted by Crippen LogP contribution is -2.28. The summed E-state index contributed by atoms with van der Waals surface area (Å²) in [5, 5.41) is 18.6. The highest BCUT2D eigenvalue weighted by atomic mass is 19.1. The molecule has 3 rings (SSSR count). The third-order valence-electron chi connectivity index (χ3n) is 3.60. The van der Waals surface area contributed by atoms with E-state index >= 15 is 0 Å². The van der Waals surface area contributed by atoms with Crippen molar-refractivity contribution in [3.63, 3.8) is 0 Å². The summed E-state index contributed by atoms with van der Waals surface area (Å²) in [6, 6.07) is 13.4. The van der Waals surface area contributed by atoms with Gasteiger partial charge in [-0.3, -0.25) is 9.89 Å². The highest BCUT2D eigenvalue weighted by Gasteiger charge is 2.18. The Morgan fingerprint density at radius 3 is 2.76 bits per heavy atom. The fourth-order valence-electron chi connectivity index (χ4n) is 2.37. The van der Waals surface area contributed by atoms with Gasteiger partial charge in [-0.15, -0.1) is 0 Å². The number of nitriles is 1. The SMILES string of the molecule is Cc1nc(-c2cccc(C(=O)NC(C#N)c3ccccc3F)c2)n[nH]1. The molecule has 1 aromatic heterocycles. The van der Waals surface area contributed by atoms with Gasteiger partial charge in [-0.05, 0) is 25.1 Å². The standard InChI is InChI=1S/C18H14FN5O/c1-11-21-17(24-23-11)12-5-4-6-13(9-12)18(25)22-16(10-20)14-7-2-3-8-15(14)19/h2-9,16H,1H3,(H,22,25)(H,21,23,24). The molecule has 3 aromatic rings. The maximum absolute atomic E-state index is 13.8. The molecule has 1 unspecified atom stereocenters. The fraction of sp³-hybridized carbons (Fsp3) is 0.111. The summed E-state index contributed by atoms with van der Waals surface area (Å²) >= 11 is 0. The molecule has 1 atom stereocenters. The van der Waals surface area contributed by atoms with E-state index in [0.29, 0.717) is 22.8 Å². The van der Waals surface area contributed by atoms with E-state index in [2.05, 4.69) is 20.5 Å². The van der Waals surface area contributed by atoms with Gasteiger partial charge in [0.2, 0.25) is 0 Å². The van der Waals surface area contributed by atoms with Gasteiger partial charge in [0, 0.05) is 16.7 Å². The Kier molecular flexibility index (Phi) is 4.53. The van der Waals surface area contributed by atoms with Gasteiger partial charge >= 0.3 is 0 Å². The molecule has 1 heterocycles. The van der Waals surface area contributed by atoms with Crippen LogP contribution in [0.1, 0.15) is 27.8 Å². The number of aryl methyl sites for hydroxylation is 1. The van der Waals surface area contributed by atoms with Crippen molar-refractivity contribution in [2.75, 3.05) is 0 Å². The molecule has 0 saturated carbocycles. The molecular formula is C18H14FN5O. The van der Waals surface area contributed by atoms with Crippen LogP contribution >= 0.6 is 0 Å². The molecule has 0 radical (unpaired) electrons. The number of benzene rings is 2. The van der Waals surface area contributed by atoms with Gasteiger partial charge < -0.3 is 5.32 Å². The molecule has 0 aliphatic rings. The van der Waals surface area contributed by atoms with Crippen LogP contribution in [-0.2, 0) is 0 Å². The van der Waals surface area contributed by atoms with Crippen molar-refractivity contribution in [1.29, 1.82) is 5.26 Å². The van der Waals surface area contributed by atoms with Crippen LogP contribution in [0.15, 0.2) is 48.5 Å². The van der Waals surface area contributed by atoms with Crippen LogP contribution in [0.2, 0.25) is 0 Å². The molecule has 0 spiro atoms. The summed E-state index contributed by atoms with van der Waals surface area (Å²) in [5.41, 5.74) is 1.12. The monoisotopic (exact) mass is 335 g/mol. The maximum Gasteiger partial charge on any atom is 0.252 e. The first kappa shape index (κ1) is 16.3. The number of aromatic amines is 1. The van der Waals surface area contributed by atoms with Gasteiger partial charge in [-0.2, -0.15) is 10.4 Å². The van der Waals surface area contributed by atoms with Crippen molar-refractivity contribution in [2.24, 2.45) is 0 Å². The third kappa shape index (κ3) is 3.53. The molecule has 124 valence electrons. The number of hydrogen-bond donors (Lipinski definition) is 2. The van der Waals surface area contributed by atoms with E-state index < -0.39 is 17.8 Å². The van der Waals surface area contributed by atoms with E-state index in [0.717, 1.165) is 0 Å². The first-order valence-electron chi connectivity index (χ1n) is 7.53. The Morgan fingerprint density at radius 2 is 2.08 bits per heavy atom. The molecule has 25 heavy (non-hydrogen) atoms. The van der Waals surface area contributed by atoms with Gasteiger partial charge in [0.15, 0.2) is 5.82 Å². The number of halogens is 1. The summed E-state index contributed by atoms with van der Waals surface area (Å²) in [6.45, 7) is 1.78. The molecule has 7 heteroatoms. The van der Waals surface area contributed by atoms with E-state index in [9.17, 15) is 14.4 Å². The van der Waals surface area contributed by atoms with E-state index in [1.807, 2.05) is 6.07 Å². The topological polar surface area (TPSA) is 94.5 Å². The zero-order valence-corrected chi connectivity index (χ0v) is 13.3. The number of nitrogens with zero attached hydrogens (tertiary/aromatic N) is 3. The van der Waals surface area contributed by atoms with E-state index in [1.54, 1.807) is 37.3 Å². The first-order valence-corrected chi connectivity index (χ1v) is 7.53. The van der Waals surface area contributed by atoms with Gasteiger partial charge in [0.1, 0.15) is 17.7 Å². The first-order chi connectivity index (χ1) is 12.1. The lowest BCUT2D eigenvalue weighted by Gasteiger charge is -2.13. The minimum Gasteiger partial charge on any atom is -0.332 e. The van der Waals surface area contributed by atoms with Gasteiger partial charge in [-0.25, -0.2) is 9.37 Å². The second-order valence-electron chi connectivity index (χ2n) is 5.38. The van der Waals surface area contributed by atoms with E-state index in [-0.39, 0.29) is 5.56 Å². The van der Waals surface area contributed by atoms with Gasteiger partial charge in [0.25, 0.3) is 5.91 Å². The Hall–Kier alpha value is -3.53. The minimum absolute atomic E-state index is 0.124. The van der Waals surface area contributed by atoms with Crippen LogP contribution in [0.5, 0.6) is 0 Å². The molecule has 2 N–H and O–H groups in total. The number of H-pyrrole nitrogens is 1. The van der Waals surface area contributed by atoms with Crippen LogP contribution < -0.4 is 5.32 Å². The second kappa shape index (κ2) is 6.93. The Balaban J connectivity index is 1.84. The summed E-state index contributed by atoms with van der Waals surface area (Å²) < 4.78 is 13.8. The molecule has 2 aromatic carbocycles. The summed E-state index contributed by atoms with van der Waals surface area (Å²) in [4.78, 5) is 16.7. The third-order valence-corrected chi connectivity index (χ3v) is 3.60. The normalized spacial score (nSPS) is 11.6. The van der Waals surface area contributed by atoms with Crippen LogP contribution in [0.25, 0.3) is 11.4 Å². The van der Waals surface area contributed by atoms with Crippen LogP contribution in [0, 0.1) is 24.1 Å². The van der Waals surface area contributed by atoms with Crippen molar-refractivity contribution in [2.45, 2.75) is 13.0 Å².